The van der Waals surface area contributed by atoms with Crippen LogP contribution < -0.4 is 5.56 Å². The molecule has 0 aliphatic rings. The topological polar surface area (TPSA) is 123 Å². The van der Waals surface area contributed by atoms with Crippen LogP contribution in [0.5, 0.6) is 0 Å². The van der Waals surface area contributed by atoms with Gasteiger partial charge in [-0.25, -0.2) is 4.79 Å². The van der Waals surface area contributed by atoms with E-state index in [-0.39, 0.29) is 11.1 Å². The maximum absolute atomic E-state index is 11.1. The molecule has 2 atom stereocenters. The van der Waals surface area contributed by atoms with Crippen molar-refractivity contribution in [2.75, 3.05) is 7.11 Å². The van der Waals surface area contributed by atoms with Crippen molar-refractivity contribution in [1.29, 1.82) is 5.26 Å². The highest BCUT2D eigenvalue weighted by Gasteiger charge is 2.27. The number of hydrogen-bond acceptors (Lipinski definition) is 6. The number of H-pyrrole nitrogens is 1. The van der Waals surface area contributed by atoms with Gasteiger partial charge in [0.25, 0.3) is 5.56 Å². The lowest BCUT2D eigenvalue weighted by Gasteiger charge is -2.15. The second kappa shape index (κ2) is 5.25. The highest BCUT2D eigenvalue weighted by molar-refractivity contribution is 5.75. The number of nitrogens with zero attached hydrogens (tertiary/aromatic N) is 1. The zero-order valence-corrected chi connectivity index (χ0v) is 8.88. The highest BCUT2D eigenvalue weighted by Crippen LogP contribution is 2.16. The summed E-state index contributed by atoms with van der Waals surface area (Å²) < 4.78 is 4.25. The molecule has 7 nitrogen and oxygen atoms in total. The summed E-state index contributed by atoms with van der Waals surface area (Å²) in [6, 6.07) is 2.71. The maximum atomic E-state index is 11.1. The maximum Gasteiger partial charge on any atom is 0.337 e. The molecule has 0 fully saturated rings. The number of esters is 1. The Morgan fingerprint density at radius 2 is 2.24 bits per heavy atom. The second-order valence-electron chi connectivity index (χ2n) is 3.20. The van der Waals surface area contributed by atoms with Crippen molar-refractivity contribution < 1.29 is 19.7 Å². The molecule has 2 unspecified atom stereocenters. The van der Waals surface area contributed by atoms with Crippen molar-refractivity contribution in [3.63, 3.8) is 0 Å². The Balaban J connectivity index is 3.05. The number of carbonyl (C=O) groups excluding carboxylic acids is 1. The fraction of sp³-hybridized carbons (Fsp3) is 0.300. The first-order chi connectivity index (χ1) is 8.01. The van der Waals surface area contributed by atoms with E-state index in [1.807, 2.05) is 0 Å². The van der Waals surface area contributed by atoms with Crippen LogP contribution in [-0.2, 0) is 9.53 Å². The zero-order chi connectivity index (χ0) is 13.0. The van der Waals surface area contributed by atoms with Gasteiger partial charge in [0.2, 0.25) is 0 Å². The summed E-state index contributed by atoms with van der Waals surface area (Å²) in [6.07, 6.45) is -2.25. The third kappa shape index (κ3) is 2.69. The Labute approximate surface area is 95.9 Å². The van der Waals surface area contributed by atoms with Gasteiger partial charge in [0.1, 0.15) is 17.7 Å². The molecule has 3 N–H and O–H groups in total. The van der Waals surface area contributed by atoms with E-state index >= 15 is 0 Å². The summed E-state index contributed by atoms with van der Waals surface area (Å²) in [5.41, 5.74) is -0.798. The largest absolute Gasteiger partial charge is 0.467 e. The number of carbonyl (C=O) groups is 1. The number of nitrogens with one attached hydrogen (secondary N) is 1. The molecule has 1 aromatic heterocycles. The smallest absolute Gasteiger partial charge is 0.337 e. The summed E-state index contributed by atoms with van der Waals surface area (Å²) in [7, 11) is 1.06. The summed E-state index contributed by atoms with van der Waals surface area (Å²) in [5, 5.41) is 27.6. The van der Waals surface area contributed by atoms with Crippen molar-refractivity contribution >= 4 is 5.97 Å². The lowest BCUT2D eigenvalue weighted by molar-refractivity contribution is -0.156. The van der Waals surface area contributed by atoms with Gasteiger partial charge in [-0.3, -0.25) is 4.79 Å². The van der Waals surface area contributed by atoms with Crippen LogP contribution in [0.3, 0.4) is 0 Å². The lowest BCUT2D eigenvalue weighted by atomic mass is 10.1. The summed E-state index contributed by atoms with van der Waals surface area (Å²) in [6.45, 7) is 0. The minimum atomic E-state index is -1.78. The molecule has 0 aliphatic heterocycles. The Kier molecular flexibility index (Phi) is 3.98. The molecule has 0 aliphatic carbocycles. The van der Waals surface area contributed by atoms with Crippen molar-refractivity contribution in [2.24, 2.45) is 0 Å². The summed E-state index contributed by atoms with van der Waals surface area (Å²) >= 11 is 0. The van der Waals surface area contributed by atoms with Gasteiger partial charge in [0, 0.05) is 11.8 Å². The molecular weight excluding hydrogens is 228 g/mol. The van der Waals surface area contributed by atoms with Crippen LogP contribution in [0.25, 0.3) is 0 Å². The van der Waals surface area contributed by atoms with Crippen LogP contribution in [0.1, 0.15) is 17.2 Å². The fourth-order valence-electron chi connectivity index (χ4n) is 1.19. The number of aliphatic hydroxyl groups excluding tert-OH is 2. The number of ether oxygens (including phenoxy) is 1. The van der Waals surface area contributed by atoms with Gasteiger partial charge < -0.3 is 19.9 Å². The molecule has 1 rings (SSSR count). The van der Waals surface area contributed by atoms with E-state index < -0.39 is 23.7 Å². The molecule has 0 amide bonds. The van der Waals surface area contributed by atoms with E-state index in [1.54, 1.807) is 6.07 Å². The molecule has 0 aromatic carbocycles. The highest BCUT2D eigenvalue weighted by atomic mass is 16.5. The predicted octanol–water partition coefficient (Wildman–Crippen LogP) is -1.19. The van der Waals surface area contributed by atoms with Crippen LogP contribution in [0.2, 0.25) is 0 Å². The average Bonchev–Trinajstić information content (AvgIpc) is 2.36. The van der Waals surface area contributed by atoms with Crippen molar-refractivity contribution in [3.8, 4) is 6.07 Å². The number of pyridine rings is 1. The van der Waals surface area contributed by atoms with Gasteiger partial charge in [-0.05, 0) is 6.07 Å². The van der Waals surface area contributed by atoms with E-state index in [0.717, 1.165) is 19.4 Å². The Bertz CT molecular complexity index is 516. The van der Waals surface area contributed by atoms with Crippen LogP contribution in [0, 0.1) is 11.3 Å². The number of rotatable bonds is 3. The third-order valence-electron chi connectivity index (χ3n) is 2.13. The minimum absolute atomic E-state index is 0.0408. The molecule has 0 saturated heterocycles. The standard InChI is InChI=1S/C10H10N2O5/c1-17-10(16)8(14)7(13)6-2-5(3-11)9(15)12-4-6/h2,4,7-8,13-14H,1H3,(H,12,15). The van der Waals surface area contributed by atoms with Crippen LogP contribution in [0.4, 0.5) is 0 Å². The molecule has 0 bridgehead atoms. The monoisotopic (exact) mass is 238 g/mol. The first-order valence-corrected chi connectivity index (χ1v) is 4.58. The Hall–Kier alpha value is -2.17. The number of aromatic amines is 1. The van der Waals surface area contributed by atoms with Crippen LogP contribution >= 0.6 is 0 Å². The number of hydrogen-bond donors (Lipinski definition) is 3. The van der Waals surface area contributed by atoms with Crippen molar-refractivity contribution in [1.82, 2.24) is 4.98 Å². The number of nitriles is 1. The molecule has 17 heavy (non-hydrogen) atoms. The van der Waals surface area contributed by atoms with Crippen LogP contribution in [0.15, 0.2) is 17.1 Å². The summed E-state index contributed by atoms with van der Waals surface area (Å²) in [4.78, 5) is 24.3. The molecule has 0 spiro atoms. The molecule has 0 saturated carbocycles. The van der Waals surface area contributed by atoms with Gasteiger partial charge in [0.15, 0.2) is 6.10 Å². The predicted molar refractivity (Wildman–Crippen MR) is 54.8 cm³/mol. The van der Waals surface area contributed by atoms with Gasteiger partial charge >= 0.3 is 5.97 Å². The quantitative estimate of drug-likeness (QED) is 0.569. The van der Waals surface area contributed by atoms with E-state index in [9.17, 15) is 19.8 Å². The Morgan fingerprint density at radius 3 is 2.76 bits per heavy atom. The molecule has 1 heterocycles. The number of aromatic nitrogens is 1. The molecule has 7 heteroatoms. The molecular formula is C10H10N2O5. The number of aliphatic hydroxyl groups is 2. The van der Waals surface area contributed by atoms with Gasteiger partial charge in [0.05, 0.1) is 7.11 Å². The summed E-state index contributed by atoms with van der Waals surface area (Å²) in [5.74, 6) is -1.01. The zero-order valence-electron chi connectivity index (χ0n) is 8.88. The second-order valence-corrected chi connectivity index (χ2v) is 3.20. The number of methoxy groups -OCH3 is 1. The van der Waals surface area contributed by atoms with Gasteiger partial charge in [-0.2, -0.15) is 5.26 Å². The van der Waals surface area contributed by atoms with Crippen molar-refractivity contribution in [2.45, 2.75) is 12.2 Å². The fourth-order valence-corrected chi connectivity index (χ4v) is 1.19. The van der Waals surface area contributed by atoms with E-state index in [4.69, 9.17) is 5.26 Å². The Morgan fingerprint density at radius 1 is 1.59 bits per heavy atom. The van der Waals surface area contributed by atoms with Gasteiger partial charge in [-0.1, -0.05) is 0 Å². The first-order valence-electron chi connectivity index (χ1n) is 4.58. The SMILES string of the molecule is COC(=O)C(O)C(O)c1c[nH]c(=O)c(C#N)c1. The lowest BCUT2D eigenvalue weighted by Crippen LogP contribution is -2.29. The van der Waals surface area contributed by atoms with E-state index in [0.29, 0.717) is 0 Å². The average molecular weight is 238 g/mol. The van der Waals surface area contributed by atoms with Gasteiger partial charge in [-0.15, -0.1) is 0 Å². The molecule has 1 aromatic rings. The van der Waals surface area contributed by atoms with Crippen LogP contribution in [-0.4, -0.2) is 34.4 Å². The first kappa shape index (κ1) is 12.9. The molecule has 90 valence electrons. The normalized spacial score (nSPS) is 13.5. The molecule has 0 radical (unpaired) electrons. The minimum Gasteiger partial charge on any atom is -0.467 e. The van der Waals surface area contributed by atoms with E-state index in [2.05, 4.69) is 9.72 Å². The third-order valence-corrected chi connectivity index (χ3v) is 2.13. The van der Waals surface area contributed by atoms with Crippen molar-refractivity contribution in [3.05, 3.63) is 33.7 Å². The van der Waals surface area contributed by atoms with E-state index in [1.165, 1.54) is 0 Å².